The molecule has 1 heterocycles. The minimum atomic E-state index is 0.310. The molecule has 2 N–H and O–H groups in total. The van der Waals surface area contributed by atoms with E-state index in [9.17, 15) is 5.11 Å². The largest absolute Gasteiger partial charge is 0.396 e. The second kappa shape index (κ2) is 5.29. The molecular weight excluding hydrogens is 186 g/mol. The molecule has 1 aromatic carbocycles. The van der Waals surface area contributed by atoms with Gasteiger partial charge in [0, 0.05) is 13.2 Å². The van der Waals surface area contributed by atoms with Crippen molar-refractivity contribution in [2.45, 2.75) is 12.8 Å². The van der Waals surface area contributed by atoms with Crippen LogP contribution in [0.2, 0.25) is 0 Å². The third kappa shape index (κ3) is 2.80. The van der Waals surface area contributed by atoms with Crippen LogP contribution in [0.4, 0.5) is 0 Å². The Hall–Kier alpha value is -0.860. The number of hydrogen-bond acceptors (Lipinski definition) is 2. The van der Waals surface area contributed by atoms with Crippen LogP contribution in [0.3, 0.4) is 0 Å². The third-order valence-corrected chi connectivity index (χ3v) is 3.34. The molecule has 0 saturated carbocycles. The van der Waals surface area contributed by atoms with Gasteiger partial charge >= 0.3 is 0 Å². The van der Waals surface area contributed by atoms with E-state index < -0.39 is 0 Å². The van der Waals surface area contributed by atoms with Gasteiger partial charge in [0.15, 0.2) is 0 Å². The van der Waals surface area contributed by atoms with Gasteiger partial charge in [0.1, 0.15) is 0 Å². The fourth-order valence-electron chi connectivity index (χ4n) is 2.38. The highest BCUT2D eigenvalue weighted by Crippen LogP contribution is 2.23. The first-order valence-electron chi connectivity index (χ1n) is 5.75. The van der Waals surface area contributed by atoms with Crippen LogP contribution < -0.4 is 5.32 Å². The molecule has 0 amide bonds. The molecule has 2 heteroatoms. The van der Waals surface area contributed by atoms with Crippen molar-refractivity contribution in [3.63, 3.8) is 0 Å². The van der Waals surface area contributed by atoms with Crippen molar-refractivity contribution in [3.05, 3.63) is 35.9 Å². The highest BCUT2D eigenvalue weighted by atomic mass is 16.3. The Kier molecular flexibility index (Phi) is 3.75. The Morgan fingerprint density at radius 1 is 1.20 bits per heavy atom. The Bertz CT molecular complexity index is 286. The van der Waals surface area contributed by atoms with Gasteiger partial charge in [-0.05, 0) is 36.8 Å². The lowest BCUT2D eigenvalue weighted by Gasteiger charge is -2.31. The summed E-state index contributed by atoms with van der Waals surface area (Å²) in [6.07, 6.45) is 2.29. The van der Waals surface area contributed by atoms with Gasteiger partial charge in [0.05, 0.1) is 0 Å². The van der Waals surface area contributed by atoms with Gasteiger partial charge in [-0.3, -0.25) is 0 Å². The molecule has 2 atom stereocenters. The summed E-state index contributed by atoms with van der Waals surface area (Å²) in [5, 5.41) is 12.6. The van der Waals surface area contributed by atoms with Crippen molar-refractivity contribution in [1.82, 2.24) is 5.32 Å². The van der Waals surface area contributed by atoms with E-state index in [1.807, 2.05) is 0 Å². The first-order valence-corrected chi connectivity index (χ1v) is 5.75. The topological polar surface area (TPSA) is 32.3 Å². The second-order valence-electron chi connectivity index (χ2n) is 4.39. The molecule has 15 heavy (non-hydrogen) atoms. The molecule has 1 aliphatic heterocycles. The molecule has 0 aliphatic carbocycles. The van der Waals surface area contributed by atoms with Crippen molar-refractivity contribution in [2.75, 3.05) is 19.7 Å². The van der Waals surface area contributed by atoms with E-state index in [1.165, 1.54) is 12.0 Å². The van der Waals surface area contributed by atoms with Crippen molar-refractivity contribution in [1.29, 1.82) is 0 Å². The number of rotatable bonds is 3. The molecule has 0 spiro atoms. The summed E-state index contributed by atoms with van der Waals surface area (Å²) in [6.45, 7) is 2.37. The average Bonchev–Trinajstić information content (AvgIpc) is 2.31. The van der Waals surface area contributed by atoms with Crippen LogP contribution in [0.5, 0.6) is 0 Å². The van der Waals surface area contributed by atoms with Crippen LogP contribution in [0.1, 0.15) is 12.0 Å². The van der Waals surface area contributed by atoms with E-state index in [1.54, 1.807) is 0 Å². The monoisotopic (exact) mass is 205 g/mol. The van der Waals surface area contributed by atoms with Gasteiger partial charge in [-0.25, -0.2) is 0 Å². The number of piperidine rings is 1. The van der Waals surface area contributed by atoms with Gasteiger partial charge in [-0.2, -0.15) is 0 Å². The first-order chi connectivity index (χ1) is 7.40. The van der Waals surface area contributed by atoms with Crippen LogP contribution >= 0.6 is 0 Å². The Labute approximate surface area is 91.3 Å². The molecule has 2 rings (SSSR count). The van der Waals surface area contributed by atoms with Gasteiger partial charge in [-0.15, -0.1) is 0 Å². The lowest BCUT2D eigenvalue weighted by molar-refractivity contribution is 0.145. The predicted octanol–water partition coefficient (Wildman–Crippen LogP) is 1.45. The van der Waals surface area contributed by atoms with E-state index in [0.717, 1.165) is 19.5 Å². The van der Waals surface area contributed by atoms with Gasteiger partial charge < -0.3 is 10.4 Å². The number of aliphatic hydroxyl groups is 1. The average molecular weight is 205 g/mol. The van der Waals surface area contributed by atoms with E-state index >= 15 is 0 Å². The van der Waals surface area contributed by atoms with Crippen molar-refractivity contribution < 1.29 is 5.11 Å². The van der Waals surface area contributed by atoms with Gasteiger partial charge in [0.2, 0.25) is 0 Å². The van der Waals surface area contributed by atoms with Gasteiger partial charge in [-0.1, -0.05) is 30.3 Å². The maximum absolute atomic E-state index is 9.30. The van der Waals surface area contributed by atoms with E-state index in [0.29, 0.717) is 18.4 Å². The molecule has 1 fully saturated rings. The summed E-state index contributed by atoms with van der Waals surface area (Å²) in [5.41, 5.74) is 1.39. The Balaban J connectivity index is 1.97. The molecule has 0 aromatic heterocycles. The molecule has 0 radical (unpaired) electrons. The molecule has 2 nitrogen and oxygen atoms in total. The number of hydrogen-bond donors (Lipinski definition) is 2. The van der Waals surface area contributed by atoms with E-state index in [2.05, 4.69) is 35.6 Å². The normalized spacial score (nSPS) is 26.5. The van der Waals surface area contributed by atoms with E-state index in [4.69, 9.17) is 0 Å². The SMILES string of the molecule is OCC1CNCCC1Cc1ccccc1. The summed E-state index contributed by atoms with van der Waals surface area (Å²) in [4.78, 5) is 0. The first kappa shape index (κ1) is 10.7. The van der Waals surface area contributed by atoms with Crippen LogP contribution in [0.25, 0.3) is 0 Å². The summed E-state index contributed by atoms with van der Waals surface area (Å²) in [6, 6.07) is 10.6. The lowest BCUT2D eigenvalue weighted by Crippen LogP contribution is -2.39. The van der Waals surface area contributed by atoms with Crippen LogP contribution in [0, 0.1) is 11.8 Å². The quantitative estimate of drug-likeness (QED) is 0.782. The number of benzene rings is 1. The fraction of sp³-hybridized carbons (Fsp3) is 0.538. The van der Waals surface area contributed by atoms with Crippen molar-refractivity contribution >= 4 is 0 Å². The highest BCUT2D eigenvalue weighted by Gasteiger charge is 2.24. The molecule has 1 aromatic rings. The third-order valence-electron chi connectivity index (χ3n) is 3.34. The Morgan fingerprint density at radius 2 is 2.00 bits per heavy atom. The van der Waals surface area contributed by atoms with E-state index in [-0.39, 0.29) is 0 Å². The highest BCUT2D eigenvalue weighted by molar-refractivity contribution is 5.15. The zero-order valence-electron chi connectivity index (χ0n) is 9.02. The van der Waals surface area contributed by atoms with Crippen LogP contribution in [-0.2, 0) is 6.42 Å². The lowest BCUT2D eigenvalue weighted by atomic mass is 9.82. The molecule has 1 aliphatic rings. The Morgan fingerprint density at radius 3 is 2.73 bits per heavy atom. The summed E-state index contributed by atoms with van der Waals surface area (Å²) < 4.78 is 0. The van der Waals surface area contributed by atoms with Crippen molar-refractivity contribution in [2.24, 2.45) is 11.8 Å². The number of nitrogens with one attached hydrogen (secondary N) is 1. The summed E-state index contributed by atoms with van der Waals surface area (Å²) in [5.74, 6) is 1.07. The zero-order chi connectivity index (χ0) is 10.5. The van der Waals surface area contributed by atoms with Crippen LogP contribution in [-0.4, -0.2) is 24.8 Å². The minimum Gasteiger partial charge on any atom is -0.396 e. The molecule has 1 saturated heterocycles. The summed E-state index contributed by atoms with van der Waals surface area (Å²) in [7, 11) is 0. The maximum atomic E-state index is 9.30. The maximum Gasteiger partial charge on any atom is 0.0474 e. The standard InChI is InChI=1S/C13H19NO/c15-10-13-9-14-7-6-12(13)8-11-4-2-1-3-5-11/h1-5,12-15H,6-10H2. The van der Waals surface area contributed by atoms with Crippen LogP contribution in [0.15, 0.2) is 30.3 Å². The second-order valence-corrected chi connectivity index (χ2v) is 4.39. The van der Waals surface area contributed by atoms with Gasteiger partial charge in [0.25, 0.3) is 0 Å². The predicted molar refractivity (Wildman–Crippen MR) is 61.7 cm³/mol. The number of aliphatic hydroxyl groups excluding tert-OH is 1. The molecule has 2 unspecified atom stereocenters. The molecule has 82 valence electrons. The molecule has 0 bridgehead atoms. The minimum absolute atomic E-state index is 0.310. The van der Waals surface area contributed by atoms with Crippen molar-refractivity contribution in [3.8, 4) is 0 Å². The molecular formula is C13H19NO. The smallest absolute Gasteiger partial charge is 0.0474 e. The fourth-order valence-corrected chi connectivity index (χ4v) is 2.38. The zero-order valence-corrected chi connectivity index (χ0v) is 9.02. The summed E-state index contributed by atoms with van der Waals surface area (Å²) >= 11 is 0.